The minimum absolute atomic E-state index is 1.13. The molecular formula is C46H29NS. The molecule has 0 aliphatic heterocycles. The van der Waals surface area contributed by atoms with E-state index in [1.165, 1.54) is 74.4 Å². The second-order valence-electron chi connectivity index (χ2n) is 12.6. The fourth-order valence-electron chi connectivity index (χ4n) is 7.42. The number of benzene rings is 9. The van der Waals surface area contributed by atoms with Crippen LogP contribution in [0.5, 0.6) is 0 Å². The molecule has 9 aromatic carbocycles. The Hall–Kier alpha value is -5.96. The molecule has 10 aromatic rings. The molecule has 0 aliphatic carbocycles. The Kier molecular flexibility index (Phi) is 6.12. The highest BCUT2D eigenvalue weighted by Crippen LogP contribution is 2.42. The maximum Gasteiger partial charge on any atom is 0.0468 e. The number of fused-ring (bicyclic) bond motifs is 9. The molecule has 0 aliphatic rings. The summed E-state index contributed by atoms with van der Waals surface area (Å²) >= 11 is 1.86. The lowest BCUT2D eigenvalue weighted by Crippen LogP contribution is -2.09. The molecule has 10 rings (SSSR count). The van der Waals surface area contributed by atoms with Gasteiger partial charge in [-0.15, -0.1) is 11.3 Å². The predicted octanol–water partition coefficient (Wildman–Crippen LogP) is 13.8. The Labute approximate surface area is 282 Å². The Bertz CT molecular complexity index is 2840. The van der Waals surface area contributed by atoms with Gasteiger partial charge in [0.1, 0.15) is 0 Å². The summed E-state index contributed by atoms with van der Waals surface area (Å²) in [4.78, 5) is 2.41. The van der Waals surface area contributed by atoms with Gasteiger partial charge in [0.05, 0.1) is 0 Å². The molecule has 1 nitrogen and oxygen atoms in total. The molecule has 0 radical (unpaired) electrons. The van der Waals surface area contributed by atoms with E-state index in [1.54, 1.807) is 0 Å². The van der Waals surface area contributed by atoms with Gasteiger partial charge in [-0.05, 0) is 109 Å². The van der Waals surface area contributed by atoms with Crippen LogP contribution in [0.25, 0.3) is 74.4 Å². The monoisotopic (exact) mass is 627 g/mol. The minimum Gasteiger partial charge on any atom is -0.310 e. The van der Waals surface area contributed by atoms with Crippen molar-refractivity contribution < 1.29 is 0 Å². The van der Waals surface area contributed by atoms with Crippen LogP contribution >= 0.6 is 11.3 Å². The van der Waals surface area contributed by atoms with Crippen molar-refractivity contribution in [3.8, 4) is 11.1 Å². The van der Waals surface area contributed by atoms with Crippen molar-refractivity contribution >= 4 is 91.7 Å². The van der Waals surface area contributed by atoms with Crippen LogP contribution in [-0.2, 0) is 0 Å². The van der Waals surface area contributed by atoms with Crippen molar-refractivity contribution in [1.29, 1.82) is 0 Å². The molecule has 0 saturated heterocycles. The molecule has 0 atom stereocenters. The van der Waals surface area contributed by atoms with Crippen LogP contribution in [0.2, 0.25) is 0 Å². The third-order valence-electron chi connectivity index (χ3n) is 9.81. The van der Waals surface area contributed by atoms with Crippen molar-refractivity contribution in [3.05, 3.63) is 176 Å². The molecule has 1 heterocycles. The highest BCUT2D eigenvalue weighted by molar-refractivity contribution is 7.25. The van der Waals surface area contributed by atoms with Crippen LogP contribution in [-0.4, -0.2) is 0 Å². The van der Waals surface area contributed by atoms with Crippen molar-refractivity contribution in [2.24, 2.45) is 0 Å². The summed E-state index contributed by atoms with van der Waals surface area (Å²) in [6.45, 7) is 0. The predicted molar refractivity (Wildman–Crippen MR) is 209 cm³/mol. The normalized spacial score (nSPS) is 11.8. The second kappa shape index (κ2) is 10.8. The Balaban J connectivity index is 1.16. The quantitative estimate of drug-likeness (QED) is 0.176. The van der Waals surface area contributed by atoms with Crippen LogP contribution in [0.1, 0.15) is 0 Å². The number of hydrogen-bond acceptors (Lipinski definition) is 2. The molecule has 2 heteroatoms. The van der Waals surface area contributed by atoms with Crippen molar-refractivity contribution in [2.45, 2.75) is 0 Å². The molecule has 0 spiro atoms. The van der Waals surface area contributed by atoms with Gasteiger partial charge in [0.15, 0.2) is 0 Å². The third kappa shape index (κ3) is 4.38. The lowest BCUT2D eigenvalue weighted by Gasteiger charge is -2.26. The van der Waals surface area contributed by atoms with Crippen LogP contribution in [0.15, 0.2) is 176 Å². The van der Waals surface area contributed by atoms with E-state index in [4.69, 9.17) is 0 Å². The highest BCUT2D eigenvalue weighted by Gasteiger charge is 2.17. The average Bonchev–Trinajstić information content (AvgIpc) is 3.53. The van der Waals surface area contributed by atoms with Crippen molar-refractivity contribution in [2.75, 3.05) is 4.90 Å². The first-order valence-electron chi connectivity index (χ1n) is 16.4. The number of thiophene rings is 1. The highest BCUT2D eigenvalue weighted by atomic mass is 32.1. The van der Waals surface area contributed by atoms with Crippen LogP contribution in [0.3, 0.4) is 0 Å². The summed E-state index contributed by atoms with van der Waals surface area (Å²) in [6.07, 6.45) is 0. The van der Waals surface area contributed by atoms with Crippen molar-refractivity contribution in [1.82, 2.24) is 0 Å². The average molecular weight is 628 g/mol. The molecule has 0 amide bonds. The number of rotatable bonds is 4. The summed E-state index contributed by atoms with van der Waals surface area (Å²) < 4.78 is 2.63. The summed E-state index contributed by atoms with van der Waals surface area (Å²) in [5, 5.41) is 12.7. The third-order valence-corrected chi connectivity index (χ3v) is 11.0. The largest absolute Gasteiger partial charge is 0.310 e. The number of hydrogen-bond donors (Lipinski definition) is 0. The van der Waals surface area contributed by atoms with E-state index in [0.29, 0.717) is 0 Å². The lowest BCUT2D eigenvalue weighted by molar-refractivity contribution is 1.30. The van der Waals surface area contributed by atoms with Gasteiger partial charge >= 0.3 is 0 Å². The zero-order valence-corrected chi connectivity index (χ0v) is 26.9. The summed E-state index contributed by atoms with van der Waals surface area (Å²) in [5.74, 6) is 0. The smallest absolute Gasteiger partial charge is 0.0468 e. The van der Waals surface area contributed by atoms with Crippen LogP contribution in [0.4, 0.5) is 17.1 Å². The Morgan fingerprint density at radius 3 is 1.67 bits per heavy atom. The van der Waals surface area contributed by atoms with Gasteiger partial charge in [0.2, 0.25) is 0 Å². The van der Waals surface area contributed by atoms with E-state index in [9.17, 15) is 0 Å². The molecule has 0 fully saturated rings. The maximum atomic E-state index is 2.41. The van der Waals surface area contributed by atoms with Gasteiger partial charge in [-0.1, -0.05) is 121 Å². The van der Waals surface area contributed by atoms with Gasteiger partial charge in [0, 0.05) is 37.2 Å². The topological polar surface area (TPSA) is 3.24 Å². The fourth-order valence-corrected chi connectivity index (χ4v) is 8.50. The van der Waals surface area contributed by atoms with E-state index in [-0.39, 0.29) is 0 Å². The molecule has 0 bridgehead atoms. The Morgan fingerprint density at radius 2 is 0.833 bits per heavy atom. The van der Waals surface area contributed by atoms with E-state index in [2.05, 4.69) is 181 Å². The van der Waals surface area contributed by atoms with Gasteiger partial charge in [-0.25, -0.2) is 0 Å². The summed E-state index contributed by atoms with van der Waals surface area (Å²) in [6, 6.07) is 64.7. The van der Waals surface area contributed by atoms with E-state index in [1.807, 2.05) is 11.3 Å². The first kappa shape index (κ1) is 27.2. The van der Waals surface area contributed by atoms with Crippen LogP contribution in [0, 0.1) is 0 Å². The molecule has 1 aromatic heterocycles. The van der Waals surface area contributed by atoms with Crippen LogP contribution < -0.4 is 4.90 Å². The van der Waals surface area contributed by atoms with Gasteiger partial charge < -0.3 is 4.90 Å². The lowest BCUT2D eigenvalue weighted by atomic mass is 9.96. The zero-order valence-electron chi connectivity index (χ0n) is 26.1. The maximum absolute atomic E-state index is 2.41. The number of nitrogens with zero attached hydrogens (tertiary/aromatic N) is 1. The van der Waals surface area contributed by atoms with Crippen molar-refractivity contribution in [3.63, 3.8) is 0 Å². The molecule has 224 valence electrons. The van der Waals surface area contributed by atoms with E-state index < -0.39 is 0 Å². The first-order valence-corrected chi connectivity index (χ1v) is 17.2. The molecule has 0 unspecified atom stereocenters. The molecule has 0 N–H and O–H groups in total. The molecular weight excluding hydrogens is 599 g/mol. The zero-order chi connectivity index (χ0) is 31.6. The van der Waals surface area contributed by atoms with E-state index in [0.717, 1.165) is 17.1 Å². The standard InChI is InChI=1S/C46H29NS/c1-2-9-34-27-35(14-13-30(34)7-1)31-15-20-36(21-16-31)47(38-23-26-46-44(29-38)42-11-5-6-12-45(42)48-46)37-22-17-33-19-24-40-39-10-4-3-8-32(39)18-25-41(40)43(33)28-37/h1-29H. The first-order chi connectivity index (χ1) is 23.8. The van der Waals surface area contributed by atoms with Gasteiger partial charge in [-0.2, -0.15) is 0 Å². The summed E-state index contributed by atoms with van der Waals surface area (Å²) in [5.41, 5.74) is 5.85. The molecule has 0 saturated carbocycles. The molecule has 48 heavy (non-hydrogen) atoms. The SMILES string of the molecule is c1ccc2cc(-c3ccc(N(c4ccc5ccc6c7ccccc7ccc6c5c4)c4ccc5sc6ccccc6c5c4)cc3)ccc2c1. The Morgan fingerprint density at radius 1 is 0.292 bits per heavy atom. The number of anilines is 3. The van der Waals surface area contributed by atoms with E-state index >= 15 is 0 Å². The summed E-state index contributed by atoms with van der Waals surface area (Å²) in [7, 11) is 0. The fraction of sp³-hybridized carbons (Fsp3) is 0. The minimum atomic E-state index is 1.13. The van der Waals surface area contributed by atoms with Gasteiger partial charge in [-0.3, -0.25) is 0 Å². The second-order valence-corrected chi connectivity index (χ2v) is 13.7. The van der Waals surface area contributed by atoms with Gasteiger partial charge in [0.25, 0.3) is 0 Å².